The highest BCUT2D eigenvalue weighted by Gasteiger charge is 2.44. The first-order valence-corrected chi connectivity index (χ1v) is 16.3. The fraction of sp³-hybridized carbons (Fsp3) is 0.412. The quantitative estimate of drug-likeness (QED) is 0.144. The van der Waals surface area contributed by atoms with E-state index in [1.54, 1.807) is 12.1 Å². The molecule has 0 amide bonds. The van der Waals surface area contributed by atoms with E-state index in [0.29, 0.717) is 6.42 Å². The predicted octanol–water partition coefficient (Wildman–Crippen LogP) is 6.00. The van der Waals surface area contributed by atoms with Gasteiger partial charge in [-0.2, -0.15) is 4.58 Å². The highest BCUT2D eigenvalue weighted by Crippen LogP contribution is 2.48. The van der Waals surface area contributed by atoms with Crippen LogP contribution in [0.2, 0.25) is 0 Å². The van der Waals surface area contributed by atoms with Crippen LogP contribution in [-0.4, -0.2) is 39.3 Å². The molecule has 0 aliphatic carbocycles. The lowest BCUT2D eigenvalue weighted by Crippen LogP contribution is -2.28. The third-order valence-electron chi connectivity index (χ3n) is 8.57. The van der Waals surface area contributed by atoms with Crippen LogP contribution in [0.15, 0.2) is 72.5 Å². The van der Waals surface area contributed by atoms with Gasteiger partial charge in [0, 0.05) is 59.2 Å². The number of carboxylic acids is 1. The molecule has 42 heavy (non-hydrogen) atoms. The summed E-state index contributed by atoms with van der Waals surface area (Å²) in [6, 6.07) is 11.4. The molecule has 2 aromatic rings. The topological polar surface area (TPSA) is 104 Å². The first-order chi connectivity index (χ1) is 19.7. The summed E-state index contributed by atoms with van der Waals surface area (Å²) < 4.78 is 14.2. The molecule has 0 bridgehead atoms. The van der Waals surface area contributed by atoms with Gasteiger partial charge in [-0.3, -0.25) is 4.79 Å². The second-order valence-corrected chi connectivity index (χ2v) is 13.8. The van der Waals surface area contributed by atoms with Crippen molar-refractivity contribution in [1.29, 1.82) is 0 Å². The van der Waals surface area contributed by atoms with Crippen molar-refractivity contribution in [3.63, 3.8) is 0 Å². The van der Waals surface area contributed by atoms with Crippen LogP contribution >= 0.6 is 7.60 Å². The number of unbranched alkanes of at least 4 members (excludes halogenated alkanes) is 2. The molecule has 8 heteroatoms. The van der Waals surface area contributed by atoms with E-state index < -0.39 is 19.0 Å². The summed E-state index contributed by atoms with van der Waals surface area (Å²) in [4.78, 5) is 34.5. The molecule has 0 aromatic heterocycles. The smallest absolute Gasteiger partial charge is 0.303 e. The number of carboxylic acid groups (broad SMARTS) is 1. The van der Waals surface area contributed by atoms with E-state index in [4.69, 9.17) is 5.11 Å². The molecule has 2 aliphatic heterocycles. The molecule has 2 heterocycles. The van der Waals surface area contributed by atoms with Crippen LogP contribution in [0.3, 0.4) is 0 Å². The van der Waals surface area contributed by atoms with Crippen LogP contribution in [0.5, 0.6) is 0 Å². The summed E-state index contributed by atoms with van der Waals surface area (Å²) in [6.07, 6.45) is 13.0. The Hall–Kier alpha value is -3.25. The van der Waals surface area contributed by atoms with Gasteiger partial charge < -0.3 is 24.4 Å². The summed E-state index contributed by atoms with van der Waals surface area (Å²) in [5.41, 5.74) is 7.21. The van der Waals surface area contributed by atoms with Gasteiger partial charge >= 0.3 is 5.97 Å². The van der Waals surface area contributed by atoms with Crippen molar-refractivity contribution < 1.29 is 28.8 Å². The van der Waals surface area contributed by atoms with Gasteiger partial charge in [-0.25, -0.2) is 0 Å². The lowest BCUT2D eigenvalue weighted by molar-refractivity contribution is -0.438. The Morgan fingerprint density at radius 3 is 2.40 bits per heavy atom. The highest BCUT2D eigenvalue weighted by molar-refractivity contribution is 7.58. The molecule has 0 spiro atoms. The Morgan fingerprint density at radius 1 is 1.00 bits per heavy atom. The van der Waals surface area contributed by atoms with E-state index >= 15 is 0 Å². The van der Waals surface area contributed by atoms with Crippen LogP contribution in [-0.2, 0) is 20.2 Å². The van der Waals surface area contributed by atoms with Gasteiger partial charge in [-0.1, -0.05) is 43.7 Å². The maximum atomic E-state index is 11.8. The monoisotopic (exact) mass is 590 g/mol. The first kappa shape index (κ1) is 31.7. The molecular formula is C34H43N2O5P. The zero-order chi connectivity index (χ0) is 30.9. The summed E-state index contributed by atoms with van der Waals surface area (Å²) in [7, 11) is -4.59. The van der Waals surface area contributed by atoms with Crippen molar-refractivity contribution >= 4 is 36.0 Å². The summed E-state index contributed by atoms with van der Waals surface area (Å²) in [5.74, 6) is -0.745. The molecule has 4 rings (SSSR count). The zero-order valence-electron chi connectivity index (χ0n) is 25.6. The zero-order valence-corrected chi connectivity index (χ0v) is 26.4. The highest BCUT2D eigenvalue weighted by atomic mass is 31.2. The number of hydrogen-bond acceptors (Lipinski definition) is 4. The fourth-order valence-electron chi connectivity index (χ4n) is 6.29. The number of aryl methyl sites for hydroxylation is 1. The number of aliphatic carboxylic acids is 1. The Bertz CT molecular complexity index is 1540. The van der Waals surface area contributed by atoms with Gasteiger partial charge in [0.25, 0.3) is 0 Å². The number of rotatable bonds is 11. The summed E-state index contributed by atoms with van der Waals surface area (Å²) >= 11 is 0. The van der Waals surface area contributed by atoms with Gasteiger partial charge in [0.15, 0.2) is 13.3 Å². The average Bonchev–Trinajstić information content (AvgIpc) is 3.25. The minimum Gasteiger partial charge on any atom is -0.775 e. The van der Waals surface area contributed by atoms with Crippen LogP contribution in [0.4, 0.5) is 11.4 Å². The number of benzene rings is 2. The van der Waals surface area contributed by atoms with Crippen LogP contribution < -0.4 is 15.1 Å². The predicted molar refractivity (Wildman–Crippen MR) is 168 cm³/mol. The van der Waals surface area contributed by atoms with Crippen molar-refractivity contribution in [2.75, 3.05) is 18.0 Å². The maximum Gasteiger partial charge on any atom is 0.303 e. The first-order valence-electron chi connectivity index (χ1n) is 14.7. The number of allylic oxidation sites excluding steroid dienone is 6. The van der Waals surface area contributed by atoms with Crippen molar-refractivity contribution in [2.24, 2.45) is 0 Å². The van der Waals surface area contributed by atoms with E-state index in [9.17, 15) is 19.1 Å². The molecular weight excluding hydrogens is 547 g/mol. The molecule has 0 saturated heterocycles. The maximum absolute atomic E-state index is 11.8. The Labute approximate surface area is 249 Å². The Kier molecular flexibility index (Phi) is 9.17. The molecule has 2 aliphatic rings. The molecule has 0 fully saturated rings. The van der Waals surface area contributed by atoms with Crippen molar-refractivity contribution in [3.8, 4) is 0 Å². The normalized spacial score (nSPS) is 19.6. The van der Waals surface area contributed by atoms with E-state index in [2.05, 4.69) is 87.4 Å². The second-order valence-electron chi connectivity index (χ2n) is 12.3. The summed E-state index contributed by atoms with van der Waals surface area (Å²) in [6.45, 7) is 14.4. The van der Waals surface area contributed by atoms with Gasteiger partial charge in [-0.15, -0.1) is 0 Å². The fourth-order valence-corrected chi connectivity index (χ4v) is 6.85. The number of nitrogens with zero attached hydrogens (tertiary/aromatic N) is 2. The lowest BCUT2D eigenvalue weighted by atomic mass is 9.81. The number of fused-ring (bicyclic) bond motifs is 2. The van der Waals surface area contributed by atoms with E-state index in [-0.39, 0.29) is 17.1 Å². The molecule has 1 unspecified atom stereocenters. The third-order valence-corrected chi connectivity index (χ3v) is 9.50. The van der Waals surface area contributed by atoms with E-state index in [0.717, 1.165) is 42.9 Å². The van der Waals surface area contributed by atoms with E-state index in [1.807, 2.05) is 12.2 Å². The molecule has 1 atom stereocenters. The van der Waals surface area contributed by atoms with Gasteiger partial charge in [0.1, 0.15) is 6.54 Å². The Balaban J connectivity index is 1.60. The molecule has 7 nitrogen and oxygen atoms in total. The molecule has 0 saturated carbocycles. The Morgan fingerprint density at radius 2 is 1.74 bits per heavy atom. The summed E-state index contributed by atoms with van der Waals surface area (Å²) in [5, 5.41) is 8.91. The van der Waals surface area contributed by atoms with Crippen molar-refractivity contribution in [1.82, 2.24) is 0 Å². The van der Waals surface area contributed by atoms with Gasteiger partial charge in [-0.05, 0) is 76.4 Å². The van der Waals surface area contributed by atoms with Gasteiger partial charge in [0.2, 0.25) is 5.69 Å². The van der Waals surface area contributed by atoms with Crippen molar-refractivity contribution in [2.45, 2.75) is 78.1 Å². The lowest BCUT2D eigenvalue weighted by Gasteiger charge is -2.25. The second kappa shape index (κ2) is 12.2. The number of likely N-dealkylation sites (N-methyl/N-ethyl adjacent to an activating group) is 1. The van der Waals surface area contributed by atoms with Crippen LogP contribution in [0.25, 0.3) is 0 Å². The third kappa shape index (κ3) is 6.24. The minimum absolute atomic E-state index is 0.0658. The number of hydrogen-bond donors (Lipinski definition) is 2. The largest absolute Gasteiger partial charge is 0.775 e. The van der Waals surface area contributed by atoms with Crippen molar-refractivity contribution in [3.05, 3.63) is 89.2 Å². The van der Waals surface area contributed by atoms with E-state index in [1.165, 1.54) is 28.6 Å². The van der Waals surface area contributed by atoms with Gasteiger partial charge in [0.05, 0.1) is 5.41 Å². The SMILES string of the molecule is CCN1/C(=C/C=C/C=C/C2=[N+](CCCCCC(=O)O)c3ccc(C)cc3C2(C)C)C(C)(C)c2cc(P(=O)([O-])O)ccc21. The molecule has 0 radical (unpaired) electrons. The van der Waals surface area contributed by atoms with Crippen LogP contribution in [0, 0.1) is 6.92 Å². The van der Waals surface area contributed by atoms with Crippen LogP contribution in [0.1, 0.15) is 77.0 Å². The number of anilines is 1. The minimum atomic E-state index is -4.59. The molecule has 224 valence electrons. The molecule has 2 aromatic carbocycles. The standard InChI is InChI=1S/C34H43N2O5P/c1-7-35-28-20-18-25(42(39,40)41)23-27(28)34(5,6)30(35)14-10-8-11-15-31-33(3,4)26-22-24(2)17-19-29(26)36(31)21-13-9-12-16-32(37)38/h8,10-11,14-15,17-20,22-23H,7,9,12-13,16,21H2,1-6H3,(H2-,37,38,39,40,41). The molecule has 2 N–H and O–H groups in total. The number of carbonyl (C=O) groups is 1. The average molecular weight is 591 g/mol.